The molecule has 152 valence electrons. The Morgan fingerprint density at radius 1 is 1.11 bits per heavy atom. The highest BCUT2D eigenvalue weighted by Crippen LogP contribution is 2.40. The Kier molecular flexibility index (Phi) is 5.45. The first kappa shape index (κ1) is 21.6. The molecule has 2 N–H and O–H groups in total. The number of amides is 2. The van der Waals surface area contributed by atoms with E-state index >= 15 is 0 Å². The summed E-state index contributed by atoms with van der Waals surface area (Å²) in [4.78, 5) is 23.5. The zero-order valence-electron chi connectivity index (χ0n) is 13.7. The quantitative estimate of drug-likeness (QED) is 0.338. The predicted molar refractivity (Wildman–Crippen MR) is 79.7 cm³/mol. The zero-order valence-corrected chi connectivity index (χ0v) is 14.5. The number of urea groups is 1. The van der Waals surface area contributed by atoms with Crippen molar-refractivity contribution in [1.29, 1.82) is 0 Å². The second-order valence-electron chi connectivity index (χ2n) is 5.50. The number of ether oxygens (including phenoxy) is 1. The van der Waals surface area contributed by atoms with Crippen molar-refractivity contribution in [2.45, 2.75) is 18.9 Å². The molecule has 2 amide bonds. The summed E-state index contributed by atoms with van der Waals surface area (Å²) in [6.07, 6.45) is -10.2. The minimum absolute atomic E-state index is 0.0824. The fraction of sp³-hybridized carbons (Fsp3) is 0.286. The van der Waals surface area contributed by atoms with Gasteiger partial charge < -0.3 is 10.5 Å². The van der Waals surface area contributed by atoms with Crippen molar-refractivity contribution in [3.63, 3.8) is 0 Å². The van der Waals surface area contributed by atoms with E-state index in [0.29, 0.717) is 12.1 Å². The zero-order chi connectivity index (χ0) is 21.5. The number of halogens is 7. The van der Waals surface area contributed by atoms with Gasteiger partial charge in [-0.05, 0) is 34.4 Å². The van der Waals surface area contributed by atoms with Gasteiger partial charge in [-0.25, -0.2) is 9.59 Å². The van der Waals surface area contributed by atoms with Crippen molar-refractivity contribution >= 4 is 23.6 Å². The van der Waals surface area contributed by atoms with E-state index in [4.69, 9.17) is 17.3 Å². The maximum Gasteiger partial charge on any atom is 0.448 e. The molecule has 28 heavy (non-hydrogen) atoms. The lowest BCUT2D eigenvalue weighted by Crippen LogP contribution is -2.47. The summed E-state index contributed by atoms with van der Waals surface area (Å²) in [6, 6.07) is -0.707. The first-order valence-corrected chi connectivity index (χ1v) is 7.48. The van der Waals surface area contributed by atoms with E-state index < -0.39 is 63.0 Å². The Bertz CT molecular complexity index is 864. The fourth-order valence-corrected chi connectivity index (χ4v) is 2.58. The molecule has 0 bridgehead atoms. The Hall–Kier alpha value is -2.67. The molecule has 1 aliphatic rings. The maximum absolute atomic E-state index is 13.0. The average molecular weight is 432 g/mol. The van der Waals surface area contributed by atoms with Gasteiger partial charge in [-0.3, -0.25) is 0 Å². The second-order valence-corrected chi connectivity index (χ2v) is 5.86. The lowest BCUT2D eigenvalue weighted by Gasteiger charge is -2.22. The fourth-order valence-electron chi connectivity index (χ4n) is 2.29. The lowest BCUT2D eigenvalue weighted by atomic mass is 10.0. The van der Waals surface area contributed by atoms with Crippen molar-refractivity contribution in [3.8, 4) is 0 Å². The van der Waals surface area contributed by atoms with Crippen LogP contribution >= 0.6 is 11.6 Å². The summed E-state index contributed by atoms with van der Waals surface area (Å²) in [6.45, 7) is -0.953. The van der Waals surface area contributed by atoms with Crippen molar-refractivity contribution in [1.82, 2.24) is 0 Å². The van der Waals surface area contributed by atoms with E-state index in [1.807, 2.05) is 0 Å². The Morgan fingerprint density at radius 3 is 2.00 bits per heavy atom. The van der Waals surface area contributed by atoms with Crippen LogP contribution in [0.3, 0.4) is 0 Å². The Labute approximate surface area is 157 Å². The number of rotatable bonds is 3. The van der Waals surface area contributed by atoms with Gasteiger partial charge in [0.25, 0.3) is 10.9 Å². The van der Waals surface area contributed by atoms with Crippen LogP contribution in [0, 0.1) is 0 Å². The number of carbonyl (C=O) groups excluding carboxylic acids is 2. The summed E-state index contributed by atoms with van der Waals surface area (Å²) in [5.74, 6) is -1.13. The molecule has 0 aliphatic carbocycles. The van der Waals surface area contributed by atoms with Crippen molar-refractivity contribution < 1.29 is 45.3 Å². The van der Waals surface area contributed by atoms with Gasteiger partial charge in [0, 0.05) is 10.8 Å². The molecular formula is C14H10ClF6N4O3+. The monoisotopic (exact) mass is 431 g/mol. The van der Waals surface area contributed by atoms with Crippen molar-refractivity contribution in [3.05, 3.63) is 45.7 Å². The van der Waals surface area contributed by atoms with Crippen LogP contribution in [0.1, 0.15) is 16.7 Å². The van der Waals surface area contributed by atoms with E-state index in [9.17, 15) is 35.9 Å². The highest BCUT2D eigenvalue weighted by molar-refractivity contribution is 6.30. The van der Waals surface area contributed by atoms with Gasteiger partial charge >= 0.3 is 24.4 Å². The smallest absolute Gasteiger partial charge is 0.448 e. The number of hydrogen-bond acceptors (Lipinski definition) is 5. The molecule has 7 nitrogen and oxygen atoms in total. The minimum atomic E-state index is -5.10. The largest absolute Gasteiger partial charge is 0.464 e. The normalized spacial score (nSPS) is 19.9. The van der Waals surface area contributed by atoms with Gasteiger partial charge in [0.1, 0.15) is 6.54 Å². The molecule has 0 spiro atoms. The van der Waals surface area contributed by atoms with Gasteiger partial charge in [0.05, 0.1) is 18.2 Å². The molecule has 14 heteroatoms. The first-order chi connectivity index (χ1) is 12.7. The van der Waals surface area contributed by atoms with E-state index in [0.717, 1.165) is 7.11 Å². The third kappa shape index (κ3) is 3.94. The molecule has 0 radical (unpaired) electrons. The Balaban J connectivity index is 2.62. The predicted octanol–water partition coefficient (Wildman–Crippen LogP) is 4.08. The summed E-state index contributed by atoms with van der Waals surface area (Å²) in [5, 5.41) is 5.99. The third-order valence-electron chi connectivity index (χ3n) is 3.62. The van der Waals surface area contributed by atoms with Crippen LogP contribution in [0.5, 0.6) is 0 Å². The molecule has 1 aromatic rings. The topological polar surface area (TPSA) is 94.1 Å². The van der Waals surface area contributed by atoms with Crippen molar-refractivity contribution in [2.75, 3.05) is 7.11 Å². The number of hydrogen-bond donors (Lipinski definition) is 1. The van der Waals surface area contributed by atoms with Crippen LogP contribution < -0.4 is 5.73 Å². The van der Waals surface area contributed by atoms with Gasteiger partial charge in [-0.1, -0.05) is 5.11 Å². The van der Waals surface area contributed by atoms with Gasteiger partial charge in [-0.15, -0.1) is 0 Å². The van der Waals surface area contributed by atoms with E-state index in [-0.39, 0.29) is 6.07 Å². The molecular weight excluding hydrogens is 422 g/mol. The maximum atomic E-state index is 13.0. The number of alkyl halides is 6. The van der Waals surface area contributed by atoms with E-state index in [1.54, 1.807) is 0 Å². The molecule has 0 saturated heterocycles. The lowest BCUT2D eigenvalue weighted by molar-refractivity contribution is -0.825. The standard InChI is InChI=1S/C14H9ClF6N4O3/c1-28-11(26)9-10(15)25(12(22)27,24-23-9)5-6-2-7(13(16,17)18)4-8(3-6)14(19,20)21/h2-4H,5H2,1H3,(H-,22,27)/p+1. The second kappa shape index (κ2) is 7.05. The summed E-state index contributed by atoms with van der Waals surface area (Å²) < 4.78 is 80.8. The number of nitrogens with two attached hydrogens (primary N) is 1. The molecule has 1 aliphatic heterocycles. The van der Waals surface area contributed by atoms with Gasteiger partial charge in [-0.2, -0.15) is 26.3 Å². The number of quaternary nitrogens is 1. The summed E-state index contributed by atoms with van der Waals surface area (Å²) >= 11 is 5.90. The highest BCUT2D eigenvalue weighted by Gasteiger charge is 2.50. The molecule has 2 rings (SSSR count). The Morgan fingerprint density at radius 2 is 1.61 bits per heavy atom. The van der Waals surface area contributed by atoms with E-state index in [1.165, 1.54) is 0 Å². The van der Waals surface area contributed by atoms with Crippen LogP contribution in [-0.4, -0.2) is 23.7 Å². The van der Waals surface area contributed by atoms with Crippen LogP contribution in [0.4, 0.5) is 31.1 Å². The average Bonchev–Trinajstić information content (AvgIpc) is 2.90. The van der Waals surface area contributed by atoms with Crippen molar-refractivity contribution in [2.24, 2.45) is 16.1 Å². The SMILES string of the molecule is COC(=O)C1=C(Cl)[N+](Cc2cc(C(F)(F)F)cc(C(F)(F)F)c2)(C(N)=O)N=N1. The first-order valence-electron chi connectivity index (χ1n) is 7.10. The summed E-state index contributed by atoms with van der Waals surface area (Å²) in [7, 11) is 0.953. The molecule has 1 unspecified atom stereocenters. The number of methoxy groups -OCH3 is 1. The molecule has 1 heterocycles. The minimum Gasteiger partial charge on any atom is -0.464 e. The molecule has 1 aromatic carbocycles. The summed E-state index contributed by atoms with van der Waals surface area (Å²) in [5.41, 5.74) is 0.690. The van der Waals surface area contributed by atoms with Gasteiger partial charge in [0.2, 0.25) is 0 Å². The van der Waals surface area contributed by atoms with Crippen LogP contribution in [-0.2, 0) is 28.4 Å². The van der Waals surface area contributed by atoms with E-state index in [2.05, 4.69) is 15.1 Å². The van der Waals surface area contributed by atoms with Crippen LogP contribution in [0.2, 0.25) is 0 Å². The number of benzene rings is 1. The number of primary amides is 1. The molecule has 0 saturated carbocycles. The van der Waals surface area contributed by atoms with Crippen LogP contribution in [0.15, 0.2) is 39.4 Å². The van der Waals surface area contributed by atoms with Crippen LogP contribution in [0.25, 0.3) is 0 Å². The highest BCUT2D eigenvalue weighted by atomic mass is 35.5. The molecule has 1 atom stereocenters. The number of esters is 1. The third-order valence-corrected chi connectivity index (χ3v) is 4.08. The number of nitrogens with zero attached hydrogens (tertiary/aromatic N) is 3. The molecule has 0 fully saturated rings. The molecule has 0 aromatic heterocycles. The number of carbonyl (C=O) groups is 2. The van der Waals surface area contributed by atoms with Gasteiger partial charge in [0.15, 0.2) is 0 Å².